The average Bonchev–Trinajstić information content (AvgIpc) is 2.86. The molecule has 2 aliphatic rings. The zero-order valence-corrected chi connectivity index (χ0v) is 23.1. The molecule has 37 heavy (non-hydrogen) atoms. The number of aromatic hydroxyl groups is 1. The van der Waals surface area contributed by atoms with Gasteiger partial charge in [0.05, 0.1) is 35.7 Å². The van der Waals surface area contributed by atoms with Crippen LogP contribution >= 0.6 is 69.6 Å². The first-order valence-electron chi connectivity index (χ1n) is 10.4. The average molecular weight is 619 g/mol. The second-order valence-electron chi connectivity index (χ2n) is 7.70. The van der Waals surface area contributed by atoms with Gasteiger partial charge in [-0.05, 0) is 18.6 Å². The van der Waals surface area contributed by atoms with Gasteiger partial charge in [-0.3, -0.25) is 4.79 Å². The maximum absolute atomic E-state index is 13.2. The quantitative estimate of drug-likeness (QED) is 0.0766. The highest BCUT2D eigenvalue weighted by Crippen LogP contribution is 2.52. The Labute approximate surface area is 240 Å². The molecule has 0 fully saturated rings. The van der Waals surface area contributed by atoms with E-state index in [1.165, 1.54) is 30.4 Å². The van der Waals surface area contributed by atoms with Crippen molar-refractivity contribution in [3.8, 4) is 28.2 Å². The Hall–Kier alpha value is -2.38. The van der Waals surface area contributed by atoms with Crippen molar-refractivity contribution in [3.05, 3.63) is 95.0 Å². The standard InChI is InChI=1S/C26H14Cl6O5/c1-3-5-10-24(34)14(28)8-12-17(11-7-13(27)15(33)9-16(11)37-25(10)12)18-19(26(35)36-6-4-2)21(30)23(32)22(31)20(18)29/h3-4,7-9,34H,1-2,5-6H2. The Kier molecular flexibility index (Phi) is 8.05. The first kappa shape index (κ1) is 27.6. The molecule has 190 valence electrons. The van der Waals surface area contributed by atoms with Crippen LogP contribution in [0.2, 0.25) is 30.1 Å². The minimum atomic E-state index is -0.870. The third-order valence-electron chi connectivity index (χ3n) is 5.49. The van der Waals surface area contributed by atoms with Gasteiger partial charge in [-0.2, -0.15) is 0 Å². The molecule has 2 aromatic rings. The van der Waals surface area contributed by atoms with Gasteiger partial charge in [-0.15, -0.1) is 6.58 Å². The van der Waals surface area contributed by atoms with Crippen molar-refractivity contribution in [2.24, 2.45) is 0 Å². The van der Waals surface area contributed by atoms with Crippen molar-refractivity contribution >= 4 is 86.5 Å². The fraction of sp³-hybridized carbons (Fsp3) is 0.0769. The molecule has 0 spiro atoms. The summed E-state index contributed by atoms with van der Waals surface area (Å²) in [5.74, 6) is -1.04. The normalized spacial score (nSPS) is 11.2. The fourth-order valence-electron chi connectivity index (χ4n) is 3.91. The van der Waals surface area contributed by atoms with Crippen LogP contribution in [0.3, 0.4) is 0 Å². The number of halogens is 6. The Morgan fingerprint density at radius 2 is 1.59 bits per heavy atom. The van der Waals surface area contributed by atoms with Gasteiger partial charge in [0.1, 0.15) is 23.7 Å². The summed E-state index contributed by atoms with van der Waals surface area (Å²) in [6.45, 7) is 7.12. The smallest absolute Gasteiger partial charge is 0.340 e. The van der Waals surface area contributed by atoms with Gasteiger partial charge in [0, 0.05) is 33.7 Å². The third-order valence-corrected chi connectivity index (χ3v) is 7.87. The molecule has 0 bridgehead atoms. The zero-order valence-electron chi connectivity index (χ0n) is 18.6. The van der Waals surface area contributed by atoms with E-state index in [2.05, 4.69) is 13.2 Å². The van der Waals surface area contributed by atoms with E-state index in [4.69, 9.17) is 78.8 Å². The van der Waals surface area contributed by atoms with Crippen molar-refractivity contribution in [1.82, 2.24) is 0 Å². The molecule has 0 saturated carbocycles. The van der Waals surface area contributed by atoms with Crippen LogP contribution in [0.25, 0.3) is 33.4 Å². The lowest BCUT2D eigenvalue weighted by molar-refractivity contribution is 0.0551. The molecule has 0 amide bonds. The number of ether oxygens (including phenoxy) is 1. The van der Waals surface area contributed by atoms with E-state index >= 15 is 0 Å². The van der Waals surface area contributed by atoms with E-state index in [9.17, 15) is 14.7 Å². The summed E-state index contributed by atoms with van der Waals surface area (Å²) in [6.07, 6.45) is 3.06. The number of benzene rings is 3. The summed E-state index contributed by atoms with van der Waals surface area (Å²) in [4.78, 5) is 25.6. The Bertz CT molecular complexity index is 1660. The van der Waals surface area contributed by atoms with Crippen molar-refractivity contribution in [2.75, 3.05) is 6.61 Å². The summed E-state index contributed by atoms with van der Waals surface area (Å²) in [5.41, 5.74) is 0.251. The lowest BCUT2D eigenvalue weighted by Gasteiger charge is -2.22. The second kappa shape index (κ2) is 10.8. The van der Waals surface area contributed by atoms with Crippen molar-refractivity contribution in [1.29, 1.82) is 0 Å². The van der Waals surface area contributed by atoms with Crippen LogP contribution in [-0.4, -0.2) is 17.7 Å². The molecule has 0 aromatic heterocycles. The van der Waals surface area contributed by atoms with Crippen molar-refractivity contribution < 1.29 is 19.1 Å². The molecule has 0 unspecified atom stereocenters. The van der Waals surface area contributed by atoms with Gasteiger partial charge in [-0.1, -0.05) is 88.3 Å². The zero-order chi connectivity index (χ0) is 27.2. The molecular weight excluding hydrogens is 605 g/mol. The second-order valence-corrected chi connectivity index (χ2v) is 10.0. The fourth-order valence-corrected chi connectivity index (χ4v) is 5.33. The number of hydrogen-bond donors (Lipinski definition) is 1. The summed E-state index contributed by atoms with van der Waals surface area (Å²) in [7, 11) is 0. The summed E-state index contributed by atoms with van der Waals surface area (Å²) in [6, 6.07) is 3.95. The minimum absolute atomic E-state index is 0.0234. The van der Waals surface area contributed by atoms with Gasteiger partial charge in [0.15, 0.2) is 0 Å². The van der Waals surface area contributed by atoms with E-state index in [0.717, 1.165) is 0 Å². The van der Waals surface area contributed by atoms with E-state index in [0.29, 0.717) is 5.39 Å². The van der Waals surface area contributed by atoms with Crippen LogP contribution < -0.4 is 5.43 Å². The van der Waals surface area contributed by atoms with Crippen molar-refractivity contribution in [3.63, 3.8) is 0 Å². The summed E-state index contributed by atoms with van der Waals surface area (Å²) >= 11 is 38.5. The number of hydrogen-bond acceptors (Lipinski definition) is 5. The number of carbonyl (C=O) groups excluding carboxylic acids is 1. The number of carbonyl (C=O) groups is 1. The molecule has 1 heterocycles. The van der Waals surface area contributed by atoms with Gasteiger partial charge >= 0.3 is 5.97 Å². The van der Waals surface area contributed by atoms with Crippen LogP contribution in [0.4, 0.5) is 0 Å². The highest BCUT2D eigenvalue weighted by Gasteiger charge is 2.32. The first-order valence-corrected chi connectivity index (χ1v) is 12.7. The first-order chi connectivity index (χ1) is 17.5. The predicted octanol–water partition coefficient (Wildman–Crippen LogP) is 9.26. The van der Waals surface area contributed by atoms with E-state index in [-0.39, 0.29) is 88.1 Å². The number of rotatable bonds is 6. The molecule has 0 saturated heterocycles. The predicted molar refractivity (Wildman–Crippen MR) is 151 cm³/mol. The summed E-state index contributed by atoms with van der Waals surface area (Å²) < 4.78 is 11.3. The number of allylic oxidation sites excluding steroid dienone is 1. The Balaban J connectivity index is 2.33. The highest BCUT2D eigenvalue weighted by atomic mass is 35.5. The Morgan fingerprint density at radius 3 is 2.24 bits per heavy atom. The van der Waals surface area contributed by atoms with Crippen LogP contribution in [-0.2, 0) is 11.2 Å². The maximum Gasteiger partial charge on any atom is 0.340 e. The molecule has 1 aliphatic heterocycles. The number of phenolic OH excluding ortho intramolecular Hbond substituents is 1. The van der Waals surface area contributed by atoms with Crippen LogP contribution in [0.5, 0.6) is 5.75 Å². The SMILES string of the molecule is C=CCOC(=O)c1c(Cl)c(Cl)c(Cl)c(Cl)c1-c1c2cc(Cl)c(=O)cc-2oc2c(CC=C)c(O)c(Cl)cc12. The van der Waals surface area contributed by atoms with Crippen LogP contribution in [0, 0.1) is 0 Å². The lowest BCUT2D eigenvalue weighted by Crippen LogP contribution is -2.10. The van der Waals surface area contributed by atoms with Gasteiger partial charge in [0.2, 0.25) is 5.43 Å². The minimum Gasteiger partial charge on any atom is -0.506 e. The van der Waals surface area contributed by atoms with E-state index in [1.807, 2.05) is 0 Å². The third kappa shape index (κ3) is 4.69. The molecule has 2 aromatic carbocycles. The van der Waals surface area contributed by atoms with E-state index in [1.54, 1.807) is 0 Å². The van der Waals surface area contributed by atoms with Crippen molar-refractivity contribution in [2.45, 2.75) is 6.42 Å². The Morgan fingerprint density at radius 1 is 0.919 bits per heavy atom. The van der Waals surface area contributed by atoms with Gasteiger partial charge < -0.3 is 14.3 Å². The number of fused-ring (bicyclic) bond motifs is 2. The maximum atomic E-state index is 13.2. The molecule has 4 rings (SSSR count). The van der Waals surface area contributed by atoms with Gasteiger partial charge in [0.25, 0.3) is 0 Å². The lowest BCUT2D eigenvalue weighted by atomic mass is 9.89. The molecular formula is C26H14Cl6O5. The monoisotopic (exact) mass is 616 g/mol. The topological polar surface area (TPSA) is 76.7 Å². The molecule has 0 radical (unpaired) electrons. The molecule has 5 nitrogen and oxygen atoms in total. The van der Waals surface area contributed by atoms with Crippen LogP contribution in [0.1, 0.15) is 15.9 Å². The molecule has 11 heteroatoms. The molecule has 1 N–H and O–H groups in total. The molecule has 1 aliphatic carbocycles. The highest BCUT2D eigenvalue weighted by molar-refractivity contribution is 6.54. The largest absolute Gasteiger partial charge is 0.506 e. The van der Waals surface area contributed by atoms with E-state index < -0.39 is 11.4 Å². The van der Waals surface area contributed by atoms with Crippen LogP contribution in [0.15, 0.2) is 52.7 Å². The molecule has 0 atom stereocenters. The van der Waals surface area contributed by atoms with Gasteiger partial charge in [-0.25, -0.2) is 4.79 Å². The number of esters is 1. The number of phenols is 1. The summed E-state index contributed by atoms with van der Waals surface area (Å²) in [5, 5.41) is 10.2.